The van der Waals surface area contributed by atoms with Gasteiger partial charge in [-0.1, -0.05) is 0 Å². The van der Waals surface area contributed by atoms with Crippen LogP contribution in [0.5, 0.6) is 17.2 Å². The predicted octanol–water partition coefficient (Wildman–Crippen LogP) is 0.397. The van der Waals surface area contributed by atoms with Crippen LogP contribution < -0.4 is 30.8 Å². The zero-order chi connectivity index (χ0) is 20.4. The summed E-state index contributed by atoms with van der Waals surface area (Å²) in [5, 5.41) is 2.96. The van der Waals surface area contributed by atoms with Crippen molar-refractivity contribution in [2.45, 2.75) is 19.6 Å². The zero-order valence-electron chi connectivity index (χ0n) is 15.5. The Morgan fingerprint density at radius 3 is 3.00 bits per heavy atom. The van der Waals surface area contributed by atoms with Crippen LogP contribution in [-0.4, -0.2) is 39.9 Å². The summed E-state index contributed by atoms with van der Waals surface area (Å²) in [4.78, 5) is 43.3. The maximum Gasteiger partial charge on any atom is 0.330 e. The Balaban J connectivity index is 1.37. The van der Waals surface area contributed by atoms with E-state index < -0.39 is 17.4 Å². The quantitative estimate of drug-likeness (QED) is 0.616. The van der Waals surface area contributed by atoms with Gasteiger partial charge in [-0.2, -0.15) is 0 Å². The van der Waals surface area contributed by atoms with Gasteiger partial charge in [0.15, 0.2) is 17.6 Å². The molecular formula is C19H18N4O6. The second-order valence-electron chi connectivity index (χ2n) is 6.35. The van der Waals surface area contributed by atoms with Crippen molar-refractivity contribution in [3.63, 3.8) is 0 Å². The molecule has 0 aliphatic carbocycles. The Labute approximate surface area is 164 Å². The summed E-state index contributed by atoms with van der Waals surface area (Å²) in [6.45, 7) is 1.85. The van der Waals surface area contributed by atoms with Crippen molar-refractivity contribution < 1.29 is 19.0 Å². The fourth-order valence-corrected chi connectivity index (χ4v) is 2.93. The molecular weight excluding hydrogens is 380 g/mol. The van der Waals surface area contributed by atoms with Crippen molar-refractivity contribution in [2.24, 2.45) is 0 Å². The molecule has 0 fully saturated rings. The van der Waals surface area contributed by atoms with Crippen LogP contribution >= 0.6 is 0 Å². The van der Waals surface area contributed by atoms with E-state index in [1.54, 1.807) is 37.3 Å². The first kappa shape index (κ1) is 18.5. The topological polar surface area (TPSA) is 125 Å². The number of aromatic nitrogens is 3. The van der Waals surface area contributed by atoms with Crippen LogP contribution in [0.2, 0.25) is 0 Å². The first-order valence-corrected chi connectivity index (χ1v) is 8.95. The number of hydrogen-bond acceptors (Lipinski definition) is 7. The maximum absolute atomic E-state index is 12.4. The van der Waals surface area contributed by atoms with E-state index >= 15 is 0 Å². The van der Waals surface area contributed by atoms with E-state index in [4.69, 9.17) is 14.2 Å². The first-order valence-electron chi connectivity index (χ1n) is 8.95. The summed E-state index contributed by atoms with van der Waals surface area (Å²) < 4.78 is 17.1. The molecule has 150 valence electrons. The number of nitrogens with one attached hydrogen (secondary N) is 2. The van der Waals surface area contributed by atoms with Gasteiger partial charge in [-0.25, -0.2) is 9.78 Å². The molecule has 0 saturated heterocycles. The largest absolute Gasteiger partial charge is 0.481 e. The molecule has 0 saturated carbocycles. The van der Waals surface area contributed by atoms with Crippen LogP contribution in [-0.2, 0) is 11.3 Å². The van der Waals surface area contributed by atoms with Gasteiger partial charge in [0, 0.05) is 25.4 Å². The van der Waals surface area contributed by atoms with Gasteiger partial charge < -0.3 is 19.5 Å². The number of nitrogens with zero attached hydrogens (tertiary/aromatic N) is 2. The standard InChI is InChI=1S/C19H18N4O6/c1-11(29-12-4-5-14-15(9-12)28-10-27-14)17(24)21-7-8-23-18(25)13-3-2-6-20-16(13)22-19(23)26/h2-6,9,11H,7-8,10H2,1H3,(H,21,24)(H,20,22,26). The molecule has 1 atom stereocenters. The molecule has 0 spiro atoms. The van der Waals surface area contributed by atoms with Crippen LogP contribution in [0.25, 0.3) is 11.0 Å². The number of amides is 1. The number of carbonyl (C=O) groups is 1. The van der Waals surface area contributed by atoms with Gasteiger partial charge in [0.1, 0.15) is 11.4 Å². The predicted molar refractivity (Wildman–Crippen MR) is 102 cm³/mol. The average molecular weight is 398 g/mol. The molecule has 10 nitrogen and oxygen atoms in total. The Hall–Kier alpha value is -3.82. The molecule has 1 aliphatic rings. The summed E-state index contributed by atoms with van der Waals surface area (Å²) in [6, 6.07) is 8.23. The highest BCUT2D eigenvalue weighted by molar-refractivity contribution is 5.80. The van der Waals surface area contributed by atoms with E-state index in [1.807, 2.05) is 0 Å². The lowest BCUT2D eigenvalue weighted by Crippen LogP contribution is -2.42. The lowest BCUT2D eigenvalue weighted by molar-refractivity contribution is -0.127. The Morgan fingerprint density at radius 1 is 1.31 bits per heavy atom. The normalized spacial score (nSPS) is 13.3. The third-order valence-corrected chi connectivity index (χ3v) is 4.41. The Kier molecular flexibility index (Phi) is 4.90. The second-order valence-corrected chi connectivity index (χ2v) is 6.35. The maximum atomic E-state index is 12.4. The van der Waals surface area contributed by atoms with Gasteiger partial charge in [0.25, 0.3) is 11.5 Å². The number of ether oxygens (including phenoxy) is 3. The molecule has 2 aromatic heterocycles. The molecule has 4 rings (SSSR count). The van der Waals surface area contributed by atoms with Crippen molar-refractivity contribution in [1.29, 1.82) is 0 Å². The SMILES string of the molecule is CC(Oc1ccc2c(c1)OCO2)C(=O)NCCn1c(=O)[nH]c2ncccc2c1=O. The van der Waals surface area contributed by atoms with Gasteiger partial charge in [-0.15, -0.1) is 0 Å². The minimum absolute atomic E-state index is 0.0154. The number of benzene rings is 1. The van der Waals surface area contributed by atoms with E-state index in [2.05, 4.69) is 15.3 Å². The molecule has 1 unspecified atom stereocenters. The number of aromatic amines is 1. The summed E-state index contributed by atoms with van der Waals surface area (Å²) in [6.07, 6.45) is 0.704. The van der Waals surface area contributed by atoms with Crippen LogP contribution in [0.1, 0.15) is 6.92 Å². The van der Waals surface area contributed by atoms with Crippen molar-refractivity contribution >= 4 is 16.9 Å². The Morgan fingerprint density at radius 2 is 2.14 bits per heavy atom. The number of pyridine rings is 1. The van der Waals surface area contributed by atoms with Crippen LogP contribution in [0.4, 0.5) is 0 Å². The third kappa shape index (κ3) is 3.77. The Bertz CT molecular complexity index is 1190. The number of H-pyrrole nitrogens is 1. The van der Waals surface area contributed by atoms with E-state index in [0.717, 1.165) is 4.57 Å². The lowest BCUT2D eigenvalue weighted by atomic mass is 10.3. The fourth-order valence-electron chi connectivity index (χ4n) is 2.93. The van der Waals surface area contributed by atoms with Crippen molar-refractivity contribution in [3.8, 4) is 17.2 Å². The summed E-state index contributed by atoms with van der Waals surface area (Å²) in [7, 11) is 0. The van der Waals surface area contributed by atoms with Crippen LogP contribution in [0.15, 0.2) is 46.1 Å². The smallest absolute Gasteiger partial charge is 0.330 e. The molecule has 0 bridgehead atoms. The minimum atomic E-state index is -0.786. The van der Waals surface area contributed by atoms with Crippen LogP contribution in [0.3, 0.4) is 0 Å². The second kappa shape index (κ2) is 7.66. The van der Waals surface area contributed by atoms with Crippen molar-refractivity contribution in [2.75, 3.05) is 13.3 Å². The van der Waals surface area contributed by atoms with Gasteiger partial charge in [-0.05, 0) is 31.2 Å². The molecule has 3 aromatic rings. The molecule has 3 heterocycles. The average Bonchev–Trinajstić information content (AvgIpc) is 3.18. The molecule has 1 aromatic carbocycles. The van der Waals surface area contributed by atoms with Crippen molar-refractivity contribution in [1.82, 2.24) is 19.9 Å². The number of carbonyl (C=O) groups excluding carboxylic acids is 1. The summed E-state index contributed by atoms with van der Waals surface area (Å²) >= 11 is 0. The fraction of sp³-hybridized carbons (Fsp3) is 0.263. The van der Waals surface area contributed by atoms with Crippen molar-refractivity contribution in [3.05, 3.63) is 57.4 Å². The number of hydrogen-bond donors (Lipinski definition) is 2. The summed E-state index contributed by atoms with van der Waals surface area (Å²) in [5.41, 5.74) is -0.815. The lowest BCUT2D eigenvalue weighted by Gasteiger charge is -2.15. The van der Waals surface area contributed by atoms with Gasteiger partial charge in [-0.3, -0.25) is 19.1 Å². The third-order valence-electron chi connectivity index (χ3n) is 4.41. The minimum Gasteiger partial charge on any atom is -0.481 e. The number of fused-ring (bicyclic) bond motifs is 2. The van der Waals surface area contributed by atoms with Gasteiger partial charge >= 0.3 is 5.69 Å². The van der Waals surface area contributed by atoms with E-state index in [0.29, 0.717) is 22.6 Å². The van der Waals surface area contributed by atoms with E-state index in [-0.39, 0.29) is 31.4 Å². The molecule has 29 heavy (non-hydrogen) atoms. The highest BCUT2D eigenvalue weighted by Gasteiger charge is 2.18. The van der Waals surface area contributed by atoms with E-state index in [9.17, 15) is 14.4 Å². The highest BCUT2D eigenvalue weighted by atomic mass is 16.7. The molecule has 10 heteroatoms. The first-order chi connectivity index (χ1) is 14.0. The highest BCUT2D eigenvalue weighted by Crippen LogP contribution is 2.35. The van der Waals surface area contributed by atoms with Gasteiger partial charge in [0.2, 0.25) is 6.79 Å². The monoisotopic (exact) mass is 398 g/mol. The van der Waals surface area contributed by atoms with Gasteiger partial charge in [0.05, 0.1) is 5.39 Å². The number of rotatable bonds is 6. The molecule has 1 aliphatic heterocycles. The molecule has 1 amide bonds. The molecule has 2 N–H and O–H groups in total. The van der Waals surface area contributed by atoms with Crippen LogP contribution in [0, 0.1) is 0 Å². The van der Waals surface area contributed by atoms with E-state index in [1.165, 1.54) is 6.20 Å². The summed E-state index contributed by atoms with van der Waals surface area (Å²) in [5.74, 6) is 1.26. The zero-order valence-corrected chi connectivity index (χ0v) is 15.5. The molecule has 0 radical (unpaired) electrons.